The van der Waals surface area contributed by atoms with Crippen LogP contribution in [0.5, 0.6) is 0 Å². The Morgan fingerprint density at radius 2 is 2.13 bits per heavy atom. The van der Waals surface area contributed by atoms with Crippen molar-refractivity contribution in [3.63, 3.8) is 0 Å². The number of hydrogen-bond donors (Lipinski definition) is 5. The van der Waals surface area contributed by atoms with E-state index in [1.165, 1.54) is 17.2 Å². The van der Waals surface area contributed by atoms with Crippen LogP contribution in [0.4, 0.5) is 5.82 Å². The lowest BCUT2D eigenvalue weighted by Crippen LogP contribution is -2.35. The number of fused-ring (bicyclic) bond motifs is 1. The maximum absolute atomic E-state index is 11.0. The van der Waals surface area contributed by atoms with Crippen molar-refractivity contribution >= 4 is 24.8 Å². The number of nitrogen functional groups attached to an aromatic ring is 1. The predicted molar refractivity (Wildman–Crippen MR) is 73.7 cm³/mol. The van der Waals surface area contributed by atoms with E-state index in [-0.39, 0.29) is 17.0 Å². The molecule has 0 aliphatic carbocycles. The number of phosphoric ester groups is 1. The van der Waals surface area contributed by atoms with Gasteiger partial charge in [-0.25, -0.2) is 19.5 Å². The molecule has 0 radical (unpaired) electrons. The summed E-state index contributed by atoms with van der Waals surface area (Å²) in [4.78, 5) is 29.6. The molecule has 1 saturated heterocycles. The number of hydrogen-bond acceptors (Lipinski definition) is 9. The van der Waals surface area contributed by atoms with Crippen molar-refractivity contribution in [2.24, 2.45) is 0 Å². The zero-order valence-corrected chi connectivity index (χ0v) is 12.4. The van der Waals surface area contributed by atoms with Gasteiger partial charge in [-0.05, 0) is 0 Å². The molecular weight excluding hydrogens is 333 g/mol. The summed E-state index contributed by atoms with van der Waals surface area (Å²) in [5, 5.41) is 19.6. The first-order chi connectivity index (χ1) is 10.8. The first kappa shape index (κ1) is 16.2. The molecule has 2 aromatic heterocycles. The average Bonchev–Trinajstić information content (AvgIpc) is 3.01. The fourth-order valence-electron chi connectivity index (χ4n) is 2.44. The van der Waals surface area contributed by atoms with Gasteiger partial charge in [-0.3, -0.25) is 9.09 Å². The Morgan fingerprint density at radius 3 is 2.78 bits per heavy atom. The van der Waals surface area contributed by atoms with Gasteiger partial charge in [0.05, 0.1) is 12.9 Å². The summed E-state index contributed by atoms with van der Waals surface area (Å²) < 4.78 is 22.3. The van der Waals surface area contributed by atoms with E-state index in [1.807, 2.05) is 0 Å². The van der Waals surface area contributed by atoms with Crippen LogP contribution in [0.15, 0.2) is 12.7 Å². The molecule has 4 atom stereocenters. The standard InChI is InChI=1S/C10H14N5O7P/c11-8-5-9(13-2-12-8)15(3-14-5)10-6(17)7(4(1-16)21-10)22-23(18,19)20/h2-4,6-7,10,16-17H,1H2,(H2,11,12,13)(H2,18,19,20)/t4-,6+,7-,10-/m1/s1. The van der Waals surface area contributed by atoms with E-state index in [9.17, 15) is 14.8 Å². The van der Waals surface area contributed by atoms with Gasteiger partial charge in [0.2, 0.25) is 0 Å². The smallest absolute Gasteiger partial charge is 0.394 e. The van der Waals surface area contributed by atoms with Gasteiger partial charge in [-0.15, -0.1) is 0 Å². The fourth-order valence-corrected chi connectivity index (χ4v) is 3.02. The van der Waals surface area contributed by atoms with Crippen molar-refractivity contribution in [1.82, 2.24) is 19.5 Å². The van der Waals surface area contributed by atoms with E-state index >= 15 is 0 Å². The van der Waals surface area contributed by atoms with Crippen LogP contribution in [0.1, 0.15) is 6.23 Å². The van der Waals surface area contributed by atoms with E-state index in [2.05, 4.69) is 19.5 Å². The summed E-state index contributed by atoms with van der Waals surface area (Å²) >= 11 is 0. The number of nitrogens with zero attached hydrogens (tertiary/aromatic N) is 4. The van der Waals surface area contributed by atoms with Crippen LogP contribution in [0, 0.1) is 0 Å². The molecule has 126 valence electrons. The quantitative estimate of drug-likeness (QED) is 0.390. The number of imidazole rings is 1. The predicted octanol–water partition coefficient (Wildman–Crippen LogP) is -1.86. The third-order valence-electron chi connectivity index (χ3n) is 3.41. The van der Waals surface area contributed by atoms with Gasteiger partial charge in [-0.2, -0.15) is 0 Å². The van der Waals surface area contributed by atoms with E-state index in [4.69, 9.17) is 20.3 Å². The molecule has 0 aromatic carbocycles. The van der Waals surface area contributed by atoms with Gasteiger partial charge in [0.15, 0.2) is 17.7 Å². The molecule has 0 spiro atoms. The number of ether oxygens (including phenoxy) is 1. The lowest BCUT2D eigenvalue weighted by molar-refractivity contribution is -0.0509. The number of aromatic nitrogens is 4. The van der Waals surface area contributed by atoms with Crippen molar-refractivity contribution in [2.45, 2.75) is 24.5 Å². The molecule has 1 fully saturated rings. The average molecular weight is 347 g/mol. The zero-order chi connectivity index (χ0) is 16.8. The highest BCUT2D eigenvalue weighted by atomic mass is 31.2. The maximum atomic E-state index is 11.0. The number of phosphoric acid groups is 1. The van der Waals surface area contributed by atoms with Crippen LogP contribution in [0.25, 0.3) is 11.2 Å². The number of aliphatic hydroxyl groups excluding tert-OH is 2. The van der Waals surface area contributed by atoms with E-state index in [0.29, 0.717) is 0 Å². The molecule has 3 rings (SSSR count). The van der Waals surface area contributed by atoms with Crippen molar-refractivity contribution in [3.05, 3.63) is 12.7 Å². The summed E-state index contributed by atoms with van der Waals surface area (Å²) in [6.07, 6.45) is -2.68. The van der Waals surface area contributed by atoms with Crippen LogP contribution in [0.2, 0.25) is 0 Å². The van der Waals surface area contributed by atoms with E-state index in [0.717, 1.165) is 0 Å². The Labute approximate surface area is 128 Å². The molecule has 13 heteroatoms. The van der Waals surface area contributed by atoms with Crippen LogP contribution in [-0.2, 0) is 13.8 Å². The minimum atomic E-state index is -4.88. The molecule has 12 nitrogen and oxygen atoms in total. The highest BCUT2D eigenvalue weighted by Gasteiger charge is 2.48. The second-order valence-corrected chi connectivity index (χ2v) is 6.07. The Kier molecular flexibility index (Phi) is 4.06. The highest BCUT2D eigenvalue weighted by Crippen LogP contribution is 2.44. The van der Waals surface area contributed by atoms with Crippen molar-refractivity contribution in [1.29, 1.82) is 0 Å². The second kappa shape index (κ2) is 5.76. The minimum Gasteiger partial charge on any atom is -0.394 e. The largest absolute Gasteiger partial charge is 0.470 e. The normalized spacial score (nSPS) is 28.5. The first-order valence-corrected chi connectivity index (χ1v) is 7.96. The summed E-state index contributed by atoms with van der Waals surface area (Å²) in [7, 11) is -4.88. The maximum Gasteiger partial charge on any atom is 0.470 e. The molecule has 2 aromatic rings. The monoisotopic (exact) mass is 347 g/mol. The number of nitrogens with two attached hydrogens (primary N) is 1. The lowest BCUT2D eigenvalue weighted by atomic mass is 10.1. The molecule has 3 heterocycles. The Morgan fingerprint density at radius 1 is 1.39 bits per heavy atom. The van der Waals surface area contributed by atoms with Crippen molar-refractivity contribution < 1.29 is 33.8 Å². The van der Waals surface area contributed by atoms with Crippen LogP contribution in [-0.4, -0.2) is 64.4 Å². The van der Waals surface area contributed by atoms with Crippen molar-refractivity contribution in [2.75, 3.05) is 12.3 Å². The number of aliphatic hydroxyl groups is 2. The molecule has 6 N–H and O–H groups in total. The fraction of sp³-hybridized carbons (Fsp3) is 0.500. The summed E-state index contributed by atoms with van der Waals surface area (Å²) in [6.45, 7) is -0.609. The molecule has 23 heavy (non-hydrogen) atoms. The minimum absolute atomic E-state index is 0.128. The summed E-state index contributed by atoms with van der Waals surface area (Å²) in [5.74, 6) is 0.128. The molecule has 0 saturated carbocycles. The second-order valence-electron chi connectivity index (χ2n) is 4.88. The zero-order valence-electron chi connectivity index (χ0n) is 11.5. The third-order valence-corrected chi connectivity index (χ3v) is 3.93. The SMILES string of the molecule is Nc1ncnc2c1ncn2[C@@H]1O[C@H](CO)[C@@H](OP(=O)(O)O)[C@@H]1O. The number of rotatable bonds is 4. The molecule has 1 aliphatic heterocycles. The first-order valence-electron chi connectivity index (χ1n) is 6.43. The van der Waals surface area contributed by atoms with Gasteiger partial charge in [0.1, 0.15) is 30.2 Å². The van der Waals surface area contributed by atoms with E-state index < -0.39 is 39.0 Å². The van der Waals surface area contributed by atoms with Crippen LogP contribution in [0.3, 0.4) is 0 Å². The lowest BCUT2D eigenvalue weighted by Gasteiger charge is -2.19. The molecule has 0 unspecified atom stereocenters. The van der Waals surface area contributed by atoms with Gasteiger partial charge in [0, 0.05) is 0 Å². The highest BCUT2D eigenvalue weighted by molar-refractivity contribution is 7.46. The van der Waals surface area contributed by atoms with E-state index in [1.54, 1.807) is 0 Å². The van der Waals surface area contributed by atoms with Crippen LogP contribution < -0.4 is 5.73 Å². The Hall–Kier alpha value is -1.66. The Bertz CT molecular complexity index is 763. The topological polar surface area (TPSA) is 186 Å². The molecule has 1 aliphatic rings. The summed E-state index contributed by atoms with van der Waals surface area (Å²) in [5.41, 5.74) is 6.21. The van der Waals surface area contributed by atoms with Crippen molar-refractivity contribution in [3.8, 4) is 0 Å². The van der Waals surface area contributed by atoms with Gasteiger partial charge in [0.25, 0.3) is 0 Å². The van der Waals surface area contributed by atoms with Gasteiger partial charge in [-0.1, -0.05) is 0 Å². The molecule has 0 amide bonds. The molecular formula is C10H14N5O7P. The Balaban J connectivity index is 1.96. The third kappa shape index (κ3) is 2.93. The van der Waals surface area contributed by atoms with Crippen LogP contribution >= 0.6 is 7.82 Å². The summed E-state index contributed by atoms with van der Waals surface area (Å²) in [6, 6.07) is 0. The molecule has 0 bridgehead atoms. The van der Waals surface area contributed by atoms with Gasteiger partial charge >= 0.3 is 7.82 Å². The van der Waals surface area contributed by atoms with Gasteiger partial charge < -0.3 is 30.5 Å². The number of anilines is 1.